The molecule has 0 saturated heterocycles. The van der Waals surface area contributed by atoms with Gasteiger partial charge in [0.2, 0.25) is 0 Å². The first-order valence-electron chi connectivity index (χ1n) is 7.95. The second kappa shape index (κ2) is 5.78. The summed E-state index contributed by atoms with van der Waals surface area (Å²) in [7, 11) is 1.60. The monoisotopic (exact) mass is 323 g/mol. The summed E-state index contributed by atoms with van der Waals surface area (Å²) in [6.45, 7) is 6.53. The topological polar surface area (TPSA) is 46.6 Å². The number of carbonyl (C=O) groups is 2. The van der Waals surface area contributed by atoms with Crippen LogP contribution in [-0.4, -0.2) is 23.8 Å². The molecule has 0 aliphatic carbocycles. The predicted molar refractivity (Wildman–Crippen MR) is 92.3 cm³/mol. The van der Waals surface area contributed by atoms with Crippen LogP contribution in [0.15, 0.2) is 42.5 Å². The second-order valence-electron chi connectivity index (χ2n) is 7.05. The molecule has 0 radical (unpaired) electrons. The summed E-state index contributed by atoms with van der Waals surface area (Å²) < 4.78 is 5.13. The molecule has 0 atom stereocenters. The number of hydrogen-bond acceptors (Lipinski definition) is 3. The van der Waals surface area contributed by atoms with Crippen LogP contribution in [0.2, 0.25) is 0 Å². The van der Waals surface area contributed by atoms with Crippen LogP contribution in [0.4, 0.5) is 0 Å². The number of imide groups is 1. The van der Waals surface area contributed by atoms with Gasteiger partial charge in [0.05, 0.1) is 24.8 Å². The van der Waals surface area contributed by atoms with E-state index in [2.05, 4.69) is 20.8 Å². The van der Waals surface area contributed by atoms with Crippen molar-refractivity contribution in [3.63, 3.8) is 0 Å². The Morgan fingerprint density at radius 3 is 2.12 bits per heavy atom. The van der Waals surface area contributed by atoms with E-state index >= 15 is 0 Å². The Morgan fingerprint density at radius 1 is 0.917 bits per heavy atom. The van der Waals surface area contributed by atoms with Gasteiger partial charge in [-0.3, -0.25) is 14.5 Å². The highest BCUT2D eigenvalue weighted by Crippen LogP contribution is 2.30. The first kappa shape index (κ1) is 16.2. The van der Waals surface area contributed by atoms with Gasteiger partial charge in [0.1, 0.15) is 5.75 Å². The Morgan fingerprint density at radius 2 is 1.54 bits per heavy atom. The number of methoxy groups -OCH3 is 1. The van der Waals surface area contributed by atoms with Gasteiger partial charge in [0.15, 0.2) is 0 Å². The summed E-state index contributed by atoms with van der Waals surface area (Å²) in [4.78, 5) is 26.6. The zero-order chi connectivity index (χ0) is 17.5. The minimum atomic E-state index is -0.230. The third-order valence-corrected chi connectivity index (χ3v) is 4.34. The molecule has 0 fully saturated rings. The highest BCUT2D eigenvalue weighted by molar-refractivity contribution is 6.21. The number of fused-ring (bicyclic) bond motifs is 1. The molecule has 24 heavy (non-hydrogen) atoms. The van der Waals surface area contributed by atoms with E-state index in [1.807, 2.05) is 36.4 Å². The maximum atomic E-state index is 12.7. The van der Waals surface area contributed by atoms with Crippen LogP contribution in [0.25, 0.3) is 0 Å². The molecule has 1 heterocycles. The molecule has 0 bridgehead atoms. The van der Waals surface area contributed by atoms with Gasteiger partial charge in [-0.15, -0.1) is 0 Å². The van der Waals surface area contributed by atoms with E-state index in [0.29, 0.717) is 11.1 Å². The van der Waals surface area contributed by atoms with Crippen molar-refractivity contribution in [3.05, 3.63) is 64.7 Å². The van der Waals surface area contributed by atoms with Crippen LogP contribution in [0, 0.1) is 0 Å². The molecule has 2 aromatic rings. The average molecular weight is 323 g/mol. The van der Waals surface area contributed by atoms with E-state index < -0.39 is 0 Å². The fourth-order valence-electron chi connectivity index (χ4n) is 2.81. The number of nitrogens with zero attached hydrogens (tertiary/aromatic N) is 1. The fourth-order valence-corrected chi connectivity index (χ4v) is 2.81. The molecular weight excluding hydrogens is 302 g/mol. The Hall–Kier alpha value is -2.62. The standard InChI is InChI=1S/C20H21NO3/c1-20(2,3)14-7-10-16-17(11-14)19(23)21(18(16)22)12-13-5-8-15(24-4)9-6-13/h5-11H,12H2,1-4H3. The van der Waals surface area contributed by atoms with Gasteiger partial charge in [-0.05, 0) is 40.8 Å². The molecule has 0 saturated carbocycles. The lowest BCUT2D eigenvalue weighted by molar-refractivity contribution is 0.0642. The molecule has 0 aromatic heterocycles. The van der Waals surface area contributed by atoms with E-state index in [1.165, 1.54) is 4.90 Å². The van der Waals surface area contributed by atoms with Crippen molar-refractivity contribution >= 4 is 11.8 Å². The zero-order valence-electron chi connectivity index (χ0n) is 14.4. The fraction of sp³-hybridized carbons (Fsp3) is 0.300. The lowest BCUT2D eigenvalue weighted by atomic mass is 9.85. The molecular formula is C20H21NO3. The first-order chi connectivity index (χ1) is 11.3. The SMILES string of the molecule is COc1ccc(CN2C(=O)c3ccc(C(C)(C)C)cc3C2=O)cc1. The molecule has 1 aliphatic rings. The van der Waals surface area contributed by atoms with Crippen LogP contribution in [0.5, 0.6) is 5.75 Å². The molecule has 2 amide bonds. The number of amides is 2. The molecule has 3 rings (SSSR count). The lowest BCUT2D eigenvalue weighted by Gasteiger charge is -2.19. The zero-order valence-corrected chi connectivity index (χ0v) is 14.4. The Kier molecular flexibility index (Phi) is 3.91. The molecule has 4 heteroatoms. The number of carbonyl (C=O) groups excluding carboxylic acids is 2. The number of ether oxygens (including phenoxy) is 1. The van der Waals surface area contributed by atoms with E-state index in [4.69, 9.17) is 4.74 Å². The number of rotatable bonds is 3. The molecule has 0 spiro atoms. The van der Waals surface area contributed by atoms with Crippen molar-refractivity contribution in [2.24, 2.45) is 0 Å². The number of benzene rings is 2. The third-order valence-electron chi connectivity index (χ3n) is 4.34. The van der Waals surface area contributed by atoms with Crippen molar-refractivity contribution in [2.75, 3.05) is 7.11 Å². The van der Waals surface area contributed by atoms with Crippen molar-refractivity contribution in [3.8, 4) is 5.75 Å². The third kappa shape index (κ3) is 2.80. The van der Waals surface area contributed by atoms with Crippen LogP contribution in [-0.2, 0) is 12.0 Å². The second-order valence-corrected chi connectivity index (χ2v) is 7.05. The summed E-state index contributed by atoms with van der Waals surface area (Å²) in [6.07, 6.45) is 0. The van der Waals surface area contributed by atoms with Crippen LogP contribution in [0.1, 0.15) is 52.6 Å². The highest BCUT2D eigenvalue weighted by atomic mass is 16.5. The van der Waals surface area contributed by atoms with E-state index in [1.54, 1.807) is 13.2 Å². The van der Waals surface area contributed by atoms with E-state index in [9.17, 15) is 9.59 Å². The quantitative estimate of drug-likeness (QED) is 0.807. The van der Waals surface area contributed by atoms with E-state index in [0.717, 1.165) is 16.9 Å². The van der Waals surface area contributed by atoms with Crippen LogP contribution < -0.4 is 4.74 Å². The number of hydrogen-bond donors (Lipinski definition) is 0. The summed E-state index contributed by atoms with van der Waals surface area (Å²) in [6, 6.07) is 12.9. The maximum Gasteiger partial charge on any atom is 0.261 e. The smallest absolute Gasteiger partial charge is 0.261 e. The molecule has 4 nitrogen and oxygen atoms in total. The highest BCUT2D eigenvalue weighted by Gasteiger charge is 2.36. The molecule has 0 unspecified atom stereocenters. The lowest BCUT2D eigenvalue weighted by Crippen LogP contribution is -2.29. The van der Waals surface area contributed by atoms with Crippen molar-refractivity contribution < 1.29 is 14.3 Å². The normalized spacial score (nSPS) is 14.1. The maximum absolute atomic E-state index is 12.7. The molecule has 1 aliphatic heterocycles. The average Bonchev–Trinajstić information content (AvgIpc) is 2.79. The van der Waals surface area contributed by atoms with Crippen molar-refractivity contribution in [1.82, 2.24) is 4.90 Å². The van der Waals surface area contributed by atoms with Crippen LogP contribution >= 0.6 is 0 Å². The minimum absolute atomic E-state index is 0.0677. The summed E-state index contributed by atoms with van der Waals surface area (Å²) >= 11 is 0. The van der Waals surface area contributed by atoms with Gasteiger partial charge in [-0.25, -0.2) is 0 Å². The van der Waals surface area contributed by atoms with Crippen molar-refractivity contribution in [2.45, 2.75) is 32.7 Å². The summed E-state index contributed by atoms with van der Waals surface area (Å²) in [5.74, 6) is 0.291. The van der Waals surface area contributed by atoms with E-state index in [-0.39, 0.29) is 23.8 Å². The summed E-state index contributed by atoms with van der Waals surface area (Å²) in [5, 5.41) is 0. The van der Waals surface area contributed by atoms with Crippen molar-refractivity contribution in [1.29, 1.82) is 0 Å². The Labute approximate surface area is 142 Å². The molecule has 2 aromatic carbocycles. The summed E-state index contributed by atoms with van der Waals surface area (Å²) in [5.41, 5.74) is 2.86. The van der Waals surface area contributed by atoms with Gasteiger partial charge >= 0.3 is 0 Å². The van der Waals surface area contributed by atoms with Gasteiger partial charge in [0.25, 0.3) is 11.8 Å². The predicted octanol–water partition coefficient (Wildman–Crippen LogP) is 3.79. The Balaban J connectivity index is 1.89. The van der Waals surface area contributed by atoms with Gasteiger partial charge in [-0.1, -0.05) is 39.0 Å². The first-order valence-corrected chi connectivity index (χ1v) is 7.95. The van der Waals surface area contributed by atoms with Crippen LogP contribution in [0.3, 0.4) is 0 Å². The van der Waals surface area contributed by atoms with Gasteiger partial charge in [-0.2, -0.15) is 0 Å². The van der Waals surface area contributed by atoms with Gasteiger partial charge in [0, 0.05) is 0 Å². The van der Waals surface area contributed by atoms with Gasteiger partial charge < -0.3 is 4.74 Å². The largest absolute Gasteiger partial charge is 0.497 e. The Bertz CT molecular complexity index is 801. The molecule has 124 valence electrons. The molecule has 0 N–H and O–H groups in total. The minimum Gasteiger partial charge on any atom is -0.497 e.